The minimum atomic E-state index is -0.497. The van der Waals surface area contributed by atoms with Crippen molar-refractivity contribution in [3.8, 4) is 0 Å². The van der Waals surface area contributed by atoms with E-state index in [0.717, 1.165) is 10.6 Å². The summed E-state index contributed by atoms with van der Waals surface area (Å²) >= 11 is 0. The number of ether oxygens (including phenoxy) is 1. The zero-order valence-corrected chi connectivity index (χ0v) is 9.14. The molecule has 1 aromatic heterocycles. The summed E-state index contributed by atoms with van der Waals surface area (Å²) < 4.78 is 10.1. The average molecular weight is 220 g/mol. The van der Waals surface area contributed by atoms with Crippen molar-refractivity contribution in [3.63, 3.8) is 0 Å². The number of hydrogen-bond acceptors (Lipinski definition) is 4. The van der Waals surface area contributed by atoms with E-state index >= 15 is 0 Å². The SMILES string of the molecule is CCOC(=O)N1C=Cc2occc2C(C)=N1. The van der Waals surface area contributed by atoms with Crippen LogP contribution in [-0.4, -0.2) is 23.4 Å². The first-order chi connectivity index (χ1) is 7.72. The van der Waals surface area contributed by atoms with Crippen LogP contribution in [0.3, 0.4) is 0 Å². The lowest BCUT2D eigenvalue weighted by Crippen LogP contribution is -2.22. The highest BCUT2D eigenvalue weighted by Gasteiger charge is 2.17. The number of amides is 1. The van der Waals surface area contributed by atoms with Crippen LogP contribution in [-0.2, 0) is 4.74 Å². The molecule has 84 valence electrons. The number of rotatable bonds is 1. The van der Waals surface area contributed by atoms with Crippen molar-refractivity contribution in [1.82, 2.24) is 5.01 Å². The van der Waals surface area contributed by atoms with Gasteiger partial charge in [0.2, 0.25) is 0 Å². The van der Waals surface area contributed by atoms with Gasteiger partial charge in [0.15, 0.2) is 0 Å². The first kappa shape index (κ1) is 10.5. The largest absolute Gasteiger partial charge is 0.464 e. The van der Waals surface area contributed by atoms with Crippen LogP contribution in [0.15, 0.2) is 28.0 Å². The van der Waals surface area contributed by atoms with Gasteiger partial charge in [0.25, 0.3) is 0 Å². The minimum absolute atomic E-state index is 0.321. The van der Waals surface area contributed by atoms with Gasteiger partial charge in [0, 0.05) is 17.8 Å². The summed E-state index contributed by atoms with van der Waals surface area (Å²) in [7, 11) is 0. The lowest BCUT2D eigenvalue weighted by atomic mass is 10.2. The Labute approximate surface area is 93.0 Å². The van der Waals surface area contributed by atoms with Crippen LogP contribution >= 0.6 is 0 Å². The highest BCUT2D eigenvalue weighted by molar-refractivity contribution is 6.02. The van der Waals surface area contributed by atoms with Crippen molar-refractivity contribution in [1.29, 1.82) is 0 Å². The van der Waals surface area contributed by atoms with Gasteiger partial charge in [-0.2, -0.15) is 10.1 Å². The average Bonchev–Trinajstić information content (AvgIpc) is 2.66. The van der Waals surface area contributed by atoms with Crippen LogP contribution in [0, 0.1) is 0 Å². The van der Waals surface area contributed by atoms with Gasteiger partial charge < -0.3 is 9.15 Å². The third-order valence-electron chi connectivity index (χ3n) is 2.16. The van der Waals surface area contributed by atoms with Gasteiger partial charge in [-0.15, -0.1) is 0 Å². The van der Waals surface area contributed by atoms with E-state index in [1.165, 1.54) is 6.20 Å². The predicted molar refractivity (Wildman–Crippen MR) is 58.8 cm³/mol. The lowest BCUT2D eigenvalue weighted by molar-refractivity contribution is 0.123. The van der Waals surface area contributed by atoms with Crippen LogP contribution in [0.1, 0.15) is 25.2 Å². The number of fused-ring (bicyclic) bond motifs is 1. The second-order valence-electron chi connectivity index (χ2n) is 3.24. The molecule has 2 heterocycles. The van der Waals surface area contributed by atoms with Crippen molar-refractivity contribution >= 4 is 17.9 Å². The maximum Gasteiger partial charge on any atom is 0.434 e. The van der Waals surface area contributed by atoms with Crippen molar-refractivity contribution in [2.75, 3.05) is 6.61 Å². The molecular weight excluding hydrogens is 208 g/mol. The molecule has 1 aromatic rings. The minimum Gasteiger partial charge on any atom is -0.464 e. The molecule has 0 saturated carbocycles. The van der Waals surface area contributed by atoms with E-state index < -0.39 is 6.09 Å². The standard InChI is InChI=1S/C11H12N2O3/c1-3-15-11(14)13-6-4-10-9(5-7-16-10)8(2)12-13/h4-7H,3H2,1-2H3. The Hall–Kier alpha value is -2.04. The molecule has 0 atom stereocenters. The van der Waals surface area contributed by atoms with E-state index in [0.29, 0.717) is 18.1 Å². The quantitative estimate of drug-likeness (QED) is 0.730. The van der Waals surface area contributed by atoms with Crippen molar-refractivity contribution in [3.05, 3.63) is 29.9 Å². The molecule has 0 aliphatic carbocycles. The van der Waals surface area contributed by atoms with Crippen molar-refractivity contribution in [2.45, 2.75) is 13.8 Å². The maximum atomic E-state index is 11.5. The zero-order valence-electron chi connectivity index (χ0n) is 9.14. The topological polar surface area (TPSA) is 55.0 Å². The molecule has 5 heteroatoms. The molecule has 0 bridgehead atoms. The fraction of sp³-hybridized carbons (Fsp3) is 0.273. The van der Waals surface area contributed by atoms with Crippen molar-refractivity contribution < 1.29 is 13.9 Å². The van der Waals surface area contributed by atoms with Crippen LogP contribution in [0.4, 0.5) is 4.79 Å². The first-order valence-electron chi connectivity index (χ1n) is 4.99. The smallest absolute Gasteiger partial charge is 0.434 e. The Bertz CT molecular complexity index is 460. The number of furan rings is 1. The lowest BCUT2D eigenvalue weighted by Gasteiger charge is -2.11. The Kier molecular flexibility index (Phi) is 2.76. The molecule has 0 spiro atoms. The molecule has 0 unspecified atom stereocenters. The second-order valence-corrected chi connectivity index (χ2v) is 3.24. The number of nitrogens with zero attached hydrogens (tertiary/aromatic N) is 2. The Morgan fingerprint density at radius 3 is 3.19 bits per heavy atom. The van der Waals surface area contributed by atoms with Gasteiger partial charge in [0.05, 0.1) is 18.6 Å². The van der Waals surface area contributed by atoms with Crippen LogP contribution in [0.5, 0.6) is 0 Å². The Morgan fingerprint density at radius 1 is 1.62 bits per heavy atom. The number of carbonyl (C=O) groups excluding carboxylic acids is 1. The van der Waals surface area contributed by atoms with Gasteiger partial charge in [-0.05, 0) is 19.9 Å². The molecule has 0 fully saturated rings. The molecule has 0 N–H and O–H groups in total. The summed E-state index contributed by atoms with van der Waals surface area (Å²) in [6, 6.07) is 1.81. The number of hydrogen-bond donors (Lipinski definition) is 0. The van der Waals surface area contributed by atoms with Crippen molar-refractivity contribution in [2.24, 2.45) is 5.10 Å². The monoisotopic (exact) mass is 220 g/mol. The second kappa shape index (κ2) is 4.22. The predicted octanol–water partition coefficient (Wildman–Crippen LogP) is 2.45. The van der Waals surface area contributed by atoms with E-state index in [1.807, 2.05) is 13.0 Å². The Morgan fingerprint density at radius 2 is 2.44 bits per heavy atom. The van der Waals surface area contributed by atoms with Gasteiger partial charge in [0.1, 0.15) is 5.76 Å². The summed E-state index contributed by atoms with van der Waals surface area (Å²) in [5, 5.41) is 5.30. The molecule has 1 aliphatic heterocycles. The van der Waals surface area contributed by atoms with Gasteiger partial charge >= 0.3 is 6.09 Å². The molecule has 5 nitrogen and oxygen atoms in total. The highest BCUT2D eigenvalue weighted by atomic mass is 16.6. The molecule has 0 radical (unpaired) electrons. The fourth-order valence-corrected chi connectivity index (χ4v) is 1.43. The summed E-state index contributed by atoms with van der Waals surface area (Å²) in [6.07, 6.45) is 4.31. The van der Waals surface area contributed by atoms with Crippen LogP contribution in [0.25, 0.3) is 6.08 Å². The molecule has 1 aliphatic rings. The number of hydrazone groups is 1. The Balaban J connectivity index is 2.29. The number of carbonyl (C=O) groups is 1. The molecule has 1 amide bonds. The normalized spacial score (nSPS) is 14.1. The van der Waals surface area contributed by atoms with Gasteiger partial charge in [-0.1, -0.05) is 0 Å². The highest BCUT2D eigenvalue weighted by Crippen LogP contribution is 2.18. The zero-order chi connectivity index (χ0) is 11.5. The van der Waals surface area contributed by atoms with Gasteiger partial charge in [-0.25, -0.2) is 4.79 Å². The first-order valence-corrected chi connectivity index (χ1v) is 4.99. The molecule has 0 saturated heterocycles. The van der Waals surface area contributed by atoms with Crippen LogP contribution < -0.4 is 0 Å². The summed E-state index contributed by atoms with van der Waals surface area (Å²) in [5.41, 5.74) is 1.59. The van der Waals surface area contributed by atoms with E-state index in [4.69, 9.17) is 9.15 Å². The summed E-state index contributed by atoms with van der Waals surface area (Å²) in [5.74, 6) is 0.688. The fourth-order valence-electron chi connectivity index (χ4n) is 1.43. The van der Waals surface area contributed by atoms with E-state index in [1.54, 1.807) is 19.3 Å². The molecular formula is C11H12N2O3. The third-order valence-corrected chi connectivity index (χ3v) is 2.16. The van der Waals surface area contributed by atoms with Crippen LogP contribution in [0.2, 0.25) is 0 Å². The maximum absolute atomic E-state index is 11.5. The van der Waals surface area contributed by atoms with E-state index in [-0.39, 0.29) is 0 Å². The summed E-state index contributed by atoms with van der Waals surface area (Å²) in [6.45, 7) is 3.88. The molecule has 2 rings (SSSR count). The third kappa shape index (κ3) is 1.84. The molecule has 0 aromatic carbocycles. The summed E-state index contributed by atoms with van der Waals surface area (Å²) in [4.78, 5) is 11.5. The van der Waals surface area contributed by atoms with Gasteiger partial charge in [-0.3, -0.25) is 0 Å². The van der Waals surface area contributed by atoms with E-state index in [2.05, 4.69) is 5.10 Å². The van der Waals surface area contributed by atoms with E-state index in [9.17, 15) is 4.79 Å². The molecule has 16 heavy (non-hydrogen) atoms.